The number of esters is 3. The monoisotopic (exact) mass is 833 g/mol. The summed E-state index contributed by atoms with van der Waals surface area (Å²) in [5, 5.41) is 0. The second kappa shape index (κ2) is 48.8. The van der Waals surface area contributed by atoms with Gasteiger partial charge in [-0.1, -0.05) is 238 Å². The molecule has 6 nitrogen and oxygen atoms in total. The Morgan fingerprint density at radius 3 is 0.847 bits per heavy atom. The number of hydrogen-bond acceptors (Lipinski definition) is 6. The topological polar surface area (TPSA) is 78.9 Å². The Balaban J connectivity index is 4.31. The van der Waals surface area contributed by atoms with Gasteiger partial charge in [-0.3, -0.25) is 14.4 Å². The van der Waals surface area contributed by atoms with E-state index in [2.05, 4.69) is 32.9 Å². The van der Waals surface area contributed by atoms with E-state index in [-0.39, 0.29) is 31.1 Å². The van der Waals surface area contributed by atoms with Crippen LogP contribution in [-0.2, 0) is 28.6 Å². The first-order valence-electron chi connectivity index (χ1n) is 26.2. The summed E-state index contributed by atoms with van der Waals surface area (Å²) in [6.07, 6.45) is 53.3. The number of hydrogen-bond donors (Lipinski definition) is 0. The highest BCUT2D eigenvalue weighted by atomic mass is 16.6. The lowest BCUT2D eigenvalue weighted by Crippen LogP contribution is -2.30. The minimum atomic E-state index is -0.765. The Hall–Kier alpha value is -1.85. The molecule has 0 aromatic carbocycles. The molecule has 0 spiro atoms. The molecule has 0 fully saturated rings. The Kier molecular flexibility index (Phi) is 47.3. The summed E-state index contributed by atoms with van der Waals surface area (Å²) in [5.74, 6) is -0.860. The lowest BCUT2D eigenvalue weighted by molar-refractivity contribution is -0.167. The van der Waals surface area contributed by atoms with E-state index in [1.54, 1.807) is 0 Å². The second-order valence-corrected chi connectivity index (χ2v) is 17.8. The lowest BCUT2D eigenvalue weighted by Gasteiger charge is -2.18. The van der Waals surface area contributed by atoms with Crippen LogP contribution in [0.3, 0.4) is 0 Å². The summed E-state index contributed by atoms with van der Waals surface area (Å²) in [7, 11) is 0. The lowest BCUT2D eigenvalue weighted by atomic mass is 10.0. The van der Waals surface area contributed by atoms with Crippen molar-refractivity contribution in [3.63, 3.8) is 0 Å². The van der Waals surface area contributed by atoms with Gasteiger partial charge in [0, 0.05) is 19.3 Å². The molecule has 0 rings (SSSR count). The van der Waals surface area contributed by atoms with Crippen molar-refractivity contribution in [2.45, 2.75) is 297 Å². The van der Waals surface area contributed by atoms with Crippen LogP contribution in [0, 0.1) is 0 Å². The number of ether oxygens (including phenoxy) is 3. The average molecular weight is 833 g/mol. The van der Waals surface area contributed by atoms with Crippen molar-refractivity contribution in [3.8, 4) is 0 Å². The highest BCUT2D eigenvalue weighted by Gasteiger charge is 2.19. The standard InChI is InChI=1S/C53H100O6/c1-4-7-10-13-16-19-22-24-26-28-31-33-36-39-42-45-51(54)57-48-50(59-53(56)47-44-41-38-35-30-21-18-15-12-9-6-3)49-58-52(55)46-43-40-37-34-32-29-27-25-23-20-17-14-11-8-5-2/h24,26,50H,4-23,25,27-49H2,1-3H3/b26-24-/t50-/m0/s1. The van der Waals surface area contributed by atoms with Crippen molar-refractivity contribution >= 4 is 17.9 Å². The minimum Gasteiger partial charge on any atom is -0.462 e. The summed E-state index contributed by atoms with van der Waals surface area (Å²) in [6, 6.07) is 0. The van der Waals surface area contributed by atoms with Crippen molar-refractivity contribution < 1.29 is 28.6 Å². The van der Waals surface area contributed by atoms with Gasteiger partial charge < -0.3 is 14.2 Å². The van der Waals surface area contributed by atoms with Crippen molar-refractivity contribution in [3.05, 3.63) is 12.2 Å². The van der Waals surface area contributed by atoms with Gasteiger partial charge in [-0.25, -0.2) is 0 Å². The molecule has 0 saturated carbocycles. The maximum atomic E-state index is 12.8. The molecule has 0 amide bonds. The van der Waals surface area contributed by atoms with Crippen LogP contribution in [-0.4, -0.2) is 37.2 Å². The van der Waals surface area contributed by atoms with Crippen LogP contribution in [0.2, 0.25) is 0 Å². The van der Waals surface area contributed by atoms with Crippen LogP contribution in [0.25, 0.3) is 0 Å². The van der Waals surface area contributed by atoms with Crippen LogP contribution in [0.5, 0.6) is 0 Å². The minimum absolute atomic E-state index is 0.0672. The van der Waals surface area contributed by atoms with Crippen molar-refractivity contribution in [1.29, 1.82) is 0 Å². The van der Waals surface area contributed by atoms with E-state index in [9.17, 15) is 14.4 Å². The molecule has 0 aliphatic heterocycles. The van der Waals surface area contributed by atoms with Crippen LogP contribution in [0.4, 0.5) is 0 Å². The molecule has 1 atom stereocenters. The number of allylic oxidation sites excluding steroid dienone is 2. The third-order valence-electron chi connectivity index (χ3n) is 11.8. The second-order valence-electron chi connectivity index (χ2n) is 17.8. The van der Waals surface area contributed by atoms with E-state index in [1.165, 1.54) is 186 Å². The van der Waals surface area contributed by atoms with Crippen molar-refractivity contribution in [2.24, 2.45) is 0 Å². The number of carbonyl (C=O) groups is 3. The molecule has 0 heterocycles. The maximum Gasteiger partial charge on any atom is 0.306 e. The summed E-state index contributed by atoms with van der Waals surface area (Å²) < 4.78 is 16.8. The molecule has 0 N–H and O–H groups in total. The summed E-state index contributed by atoms with van der Waals surface area (Å²) in [4.78, 5) is 37.9. The predicted octanol–water partition coefficient (Wildman–Crippen LogP) is 17.0. The fraction of sp³-hybridized carbons (Fsp3) is 0.906. The zero-order valence-electron chi connectivity index (χ0n) is 39.8. The predicted molar refractivity (Wildman–Crippen MR) is 252 cm³/mol. The Labute approximate surface area is 367 Å². The largest absolute Gasteiger partial charge is 0.462 e. The van der Waals surface area contributed by atoms with Gasteiger partial charge in [0.2, 0.25) is 0 Å². The first-order chi connectivity index (χ1) is 29.0. The van der Waals surface area contributed by atoms with Gasteiger partial charge in [-0.2, -0.15) is 0 Å². The van der Waals surface area contributed by atoms with Gasteiger partial charge in [0.15, 0.2) is 6.10 Å². The molecule has 348 valence electrons. The van der Waals surface area contributed by atoms with Gasteiger partial charge >= 0.3 is 17.9 Å². The summed E-state index contributed by atoms with van der Waals surface area (Å²) >= 11 is 0. The van der Waals surface area contributed by atoms with Crippen LogP contribution >= 0.6 is 0 Å². The van der Waals surface area contributed by atoms with E-state index < -0.39 is 6.10 Å². The molecule has 0 radical (unpaired) electrons. The Morgan fingerprint density at radius 1 is 0.322 bits per heavy atom. The normalized spacial score (nSPS) is 12.0. The maximum absolute atomic E-state index is 12.8. The number of carbonyl (C=O) groups excluding carboxylic acids is 3. The van der Waals surface area contributed by atoms with E-state index in [1.807, 2.05) is 0 Å². The molecule has 6 heteroatoms. The molecule has 0 unspecified atom stereocenters. The van der Waals surface area contributed by atoms with Crippen LogP contribution in [0.1, 0.15) is 290 Å². The summed E-state index contributed by atoms with van der Waals surface area (Å²) in [5.41, 5.74) is 0. The third kappa shape index (κ3) is 47.1. The van der Waals surface area contributed by atoms with Crippen LogP contribution in [0.15, 0.2) is 12.2 Å². The van der Waals surface area contributed by atoms with E-state index >= 15 is 0 Å². The fourth-order valence-electron chi connectivity index (χ4n) is 7.79. The molecule has 0 aromatic rings. The molecule has 0 saturated heterocycles. The molecule has 0 aliphatic rings. The third-order valence-corrected chi connectivity index (χ3v) is 11.8. The highest BCUT2D eigenvalue weighted by molar-refractivity contribution is 5.71. The molecular formula is C53H100O6. The molecular weight excluding hydrogens is 733 g/mol. The molecule has 0 aromatic heterocycles. The average Bonchev–Trinajstić information content (AvgIpc) is 3.23. The van der Waals surface area contributed by atoms with Gasteiger partial charge in [-0.05, 0) is 44.9 Å². The number of unbranched alkanes of at least 4 members (excludes halogenated alkanes) is 35. The van der Waals surface area contributed by atoms with Gasteiger partial charge in [0.25, 0.3) is 0 Å². The Morgan fingerprint density at radius 2 is 0.559 bits per heavy atom. The quantitative estimate of drug-likeness (QED) is 0.0263. The van der Waals surface area contributed by atoms with Crippen molar-refractivity contribution in [2.75, 3.05) is 13.2 Å². The van der Waals surface area contributed by atoms with Gasteiger partial charge in [0.1, 0.15) is 13.2 Å². The Bertz CT molecular complexity index is 916. The number of rotatable bonds is 48. The van der Waals surface area contributed by atoms with Crippen LogP contribution < -0.4 is 0 Å². The summed E-state index contributed by atoms with van der Waals surface area (Å²) in [6.45, 7) is 6.65. The highest BCUT2D eigenvalue weighted by Crippen LogP contribution is 2.16. The SMILES string of the molecule is CCCCCCCC/C=C\CCCCCCCC(=O)OC[C@@H](COC(=O)CCCCCCCCCCCCCCCCC)OC(=O)CCCCCCCCCCCCC. The smallest absolute Gasteiger partial charge is 0.306 e. The fourth-order valence-corrected chi connectivity index (χ4v) is 7.79. The molecule has 0 aliphatic carbocycles. The first-order valence-corrected chi connectivity index (χ1v) is 26.2. The van der Waals surface area contributed by atoms with Gasteiger partial charge in [0.05, 0.1) is 0 Å². The van der Waals surface area contributed by atoms with E-state index in [4.69, 9.17) is 14.2 Å². The zero-order valence-corrected chi connectivity index (χ0v) is 39.8. The van der Waals surface area contributed by atoms with Gasteiger partial charge in [-0.15, -0.1) is 0 Å². The zero-order chi connectivity index (χ0) is 43.0. The first kappa shape index (κ1) is 57.1. The van der Waals surface area contributed by atoms with Crippen molar-refractivity contribution in [1.82, 2.24) is 0 Å². The molecule has 0 bridgehead atoms. The van der Waals surface area contributed by atoms with E-state index in [0.717, 1.165) is 64.2 Å². The van der Waals surface area contributed by atoms with E-state index in [0.29, 0.717) is 19.3 Å². The molecule has 59 heavy (non-hydrogen) atoms.